The lowest BCUT2D eigenvalue weighted by Gasteiger charge is -2.14. The van der Waals surface area contributed by atoms with Crippen molar-refractivity contribution >= 4 is 5.84 Å². The van der Waals surface area contributed by atoms with Gasteiger partial charge < -0.3 is 21.0 Å². The van der Waals surface area contributed by atoms with Crippen LogP contribution in [0.3, 0.4) is 0 Å². The smallest absolute Gasteiger partial charge is 0.139 e. The first-order valence-corrected chi connectivity index (χ1v) is 5.47. The van der Waals surface area contributed by atoms with E-state index in [9.17, 15) is 0 Å². The maximum Gasteiger partial charge on any atom is 0.139 e. The standard InChI is InChI=1S/C10H21N3O2/c1-2-15-6-5-12-8-10(3-4-10)7-9(11)13-14/h12,14H,2-8H2,1H3,(H2,11,13). The van der Waals surface area contributed by atoms with Gasteiger partial charge in [-0.05, 0) is 25.2 Å². The third-order valence-corrected chi connectivity index (χ3v) is 2.77. The van der Waals surface area contributed by atoms with Crippen LogP contribution in [0.25, 0.3) is 0 Å². The monoisotopic (exact) mass is 215 g/mol. The molecule has 0 aliphatic heterocycles. The topological polar surface area (TPSA) is 79.9 Å². The van der Waals surface area contributed by atoms with E-state index in [1.54, 1.807) is 0 Å². The van der Waals surface area contributed by atoms with Crippen molar-refractivity contribution in [2.24, 2.45) is 16.3 Å². The second-order valence-electron chi connectivity index (χ2n) is 4.14. The Morgan fingerprint density at radius 2 is 2.33 bits per heavy atom. The van der Waals surface area contributed by atoms with Crippen LogP contribution in [0.2, 0.25) is 0 Å². The van der Waals surface area contributed by atoms with Crippen LogP contribution in [0.15, 0.2) is 5.16 Å². The third-order valence-electron chi connectivity index (χ3n) is 2.77. The molecule has 1 rings (SSSR count). The molecule has 0 aromatic carbocycles. The van der Waals surface area contributed by atoms with Gasteiger partial charge in [-0.2, -0.15) is 0 Å². The van der Waals surface area contributed by atoms with E-state index >= 15 is 0 Å². The van der Waals surface area contributed by atoms with Gasteiger partial charge in [0, 0.05) is 26.1 Å². The molecular weight excluding hydrogens is 194 g/mol. The van der Waals surface area contributed by atoms with Gasteiger partial charge in [0.15, 0.2) is 0 Å². The number of hydrogen-bond acceptors (Lipinski definition) is 4. The highest BCUT2D eigenvalue weighted by Gasteiger charge is 2.42. The molecule has 4 N–H and O–H groups in total. The Labute approximate surface area is 90.7 Å². The molecule has 1 aliphatic carbocycles. The van der Waals surface area contributed by atoms with Gasteiger partial charge in [0.25, 0.3) is 0 Å². The molecule has 0 aromatic heterocycles. The molecular formula is C10H21N3O2. The van der Waals surface area contributed by atoms with Crippen molar-refractivity contribution in [3.8, 4) is 0 Å². The predicted molar refractivity (Wildman–Crippen MR) is 59.1 cm³/mol. The molecule has 88 valence electrons. The highest BCUT2D eigenvalue weighted by Crippen LogP contribution is 2.48. The van der Waals surface area contributed by atoms with Crippen molar-refractivity contribution in [1.29, 1.82) is 0 Å². The first kappa shape index (κ1) is 12.3. The van der Waals surface area contributed by atoms with Gasteiger partial charge in [-0.25, -0.2) is 0 Å². The Morgan fingerprint density at radius 1 is 1.60 bits per heavy atom. The summed E-state index contributed by atoms with van der Waals surface area (Å²) < 4.78 is 5.22. The van der Waals surface area contributed by atoms with Gasteiger partial charge in [0.1, 0.15) is 5.84 Å². The van der Waals surface area contributed by atoms with Crippen LogP contribution in [0.1, 0.15) is 26.2 Å². The summed E-state index contributed by atoms with van der Waals surface area (Å²) in [5, 5.41) is 14.8. The zero-order chi connectivity index (χ0) is 11.1. The molecule has 5 nitrogen and oxygen atoms in total. The molecule has 5 heteroatoms. The third kappa shape index (κ3) is 4.48. The average Bonchev–Trinajstić information content (AvgIpc) is 2.98. The molecule has 0 saturated heterocycles. The van der Waals surface area contributed by atoms with E-state index in [2.05, 4.69) is 10.5 Å². The number of nitrogens with two attached hydrogens (primary N) is 1. The van der Waals surface area contributed by atoms with Crippen LogP contribution in [-0.2, 0) is 4.74 Å². The van der Waals surface area contributed by atoms with Crippen molar-refractivity contribution < 1.29 is 9.94 Å². The molecule has 0 heterocycles. The molecule has 15 heavy (non-hydrogen) atoms. The largest absolute Gasteiger partial charge is 0.409 e. The molecule has 0 spiro atoms. The van der Waals surface area contributed by atoms with Crippen molar-refractivity contribution in [1.82, 2.24) is 5.32 Å². The minimum atomic E-state index is 0.239. The number of oxime groups is 1. The summed E-state index contributed by atoms with van der Waals surface area (Å²) in [5.41, 5.74) is 5.74. The van der Waals surface area contributed by atoms with E-state index in [4.69, 9.17) is 15.7 Å². The van der Waals surface area contributed by atoms with Crippen LogP contribution >= 0.6 is 0 Å². The molecule has 1 saturated carbocycles. The van der Waals surface area contributed by atoms with Gasteiger partial charge >= 0.3 is 0 Å². The number of hydrogen-bond donors (Lipinski definition) is 3. The average molecular weight is 215 g/mol. The normalized spacial score (nSPS) is 19.1. The van der Waals surface area contributed by atoms with Crippen LogP contribution in [0.5, 0.6) is 0 Å². The summed E-state index contributed by atoms with van der Waals surface area (Å²) in [6.45, 7) is 5.29. The first-order valence-electron chi connectivity index (χ1n) is 5.47. The minimum absolute atomic E-state index is 0.239. The van der Waals surface area contributed by atoms with Gasteiger partial charge in [-0.1, -0.05) is 5.16 Å². The number of nitrogens with one attached hydrogen (secondary N) is 1. The lowest BCUT2D eigenvalue weighted by molar-refractivity contribution is 0.148. The van der Waals surface area contributed by atoms with E-state index in [-0.39, 0.29) is 5.41 Å². The highest BCUT2D eigenvalue weighted by molar-refractivity contribution is 5.80. The summed E-state index contributed by atoms with van der Waals surface area (Å²) in [5.74, 6) is 0.333. The first-order chi connectivity index (χ1) is 7.22. The SMILES string of the molecule is CCOCCNCC1(CC(N)=NO)CC1. The van der Waals surface area contributed by atoms with Gasteiger partial charge in [0.05, 0.1) is 6.61 Å². The second kappa shape index (κ2) is 5.92. The lowest BCUT2D eigenvalue weighted by Crippen LogP contribution is -2.30. The van der Waals surface area contributed by atoms with E-state index in [1.807, 2.05) is 6.92 Å². The van der Waals surface area contributed by atoms with E-state index in [1.165, 1.54) is 0 Å². The van der Waals surface area contributed by atoms with E-state index in [0.29, 0.717) is 12.3 Å². The summed E-state index contributed by atoms with van der Waals surface area (Å²) in [7, 11) is 0. The maximum absolute atomic E-state index is 8.49. The highest BCUT2D eigenvalue weighted by atomic mass is 16.5. The quantitative estimate of drug-likeness (QED) is 0.181. The molecule has 0 bridgehead atoms. The molecule has 1 fully saturated rings. The van der Waals surface area contributed by atoms with Crippen molar-refractivity contribution in [2.75, 3.05) is 26.3 Å². The van der Waals surface area contributed by atoms with Crippen molar-refractivity contribution in [2.45, 2.75) is 26.2 Å². The van der Waals surface area contributed by atoms with Gasteiger partial charge in [-0.3, -0.25) is 0 Å². The Morgan fingerprint density at radius 3 is 2.87 bits per heavy atom. The molecule has 0 amide bonds. The van der Waals surface area contributed by atoms with E-state index < -0.39 is 0 Å². The zero-order valence-corrected chi connectivity index (χ0v) is 9.33. The number of nitrogens with zero attached hydrogens (tertiary/aromatic N) is 1. The minimum Gasteiger partial charge on any atom is -0.409 e. The lowest BCUT2D eigenvalue weighted by atomic mass is 10.0. The fourth-order valence-electron chi connectivity index (χ4n) is 1.65. The Bertz CT molecular complexity index is 215. The summed E-state index contributed by atoms with van der Waals surface area (Å²) in [6, 6.07) is 0. The number of ether oxygens (including phenoxy) is 1. The Balaban J connectivity index is 2.09. The molecule has 0 radical (unpaired) electrons. The fourth-order valence-corrected chi connectivity index (χ4v) is 1.65. The number of rotatable bonds is 8. The molecule has 1 aliphatic rings. The van der Waals surface area contributed by atoms with Crippen molar-refractivity contribution in [3.05, 3.63) is 0 Å². The van der Waals surface area contributed by atoms with Crippen LogP contribution in [0, 0.1) is 5.41 Å². The summed E-state index contributed by atoms with van der Waals surface area (Å²) in [4.78, 5) is 0. The second-order valence-corrected chi connectivity index (χ2v) is 4.14. The van der Waals surface area contributed by atoms with Crippen LogP contribution < -0.4 is 11.1 Å². The van der Waals surface area contributed by atoms with Crippen molar-refractivity contribution in [3.63, 3.8) is 0 Å². The van der Waals surface area contributed by atoms with Gasteiger partial charge in [0.2, 0.25) is 0 Å². The molecule has 0 unspecified atom stereocenters. The van der Waals surface area contributed by atoms with Crippen LogP contribution in [0.4, 0.5) is 0 Å². The summed E-state index contributed by atoms with van der Waals surface area (Å²) in [6.07, 6.45) is 3.00. The van der Waals surface area contributed by atoms with Crippen LogP contribution in [-0.4, -0.2) is 37.3 Å². The van der Waals surface area contributed by atoms with Gasteiger partial charge in [-0.15, -0.1) is 0 Å². The molecule has 0 atom stereocenters. The van der Waals surface area contributed by atoms with E-state index in [0.717, 1.165) is 39.1 Å². The fraction of sp³-hybridized carbons (Fsp3) is 0.900. The molecule has 0 aromatic rings. The Kier molecular flexibility index (Phi) is 4.84. The number of amidine groups is 1. The Hall–Kier alpha value is -0.810. The predicted octanol–water partition coefficient (Wildman–Crippen LogP) is 0.529. The summed E-state index contributed by atoms with van der Waals surface area (Å²) >= 11 is 0. The maximum atomic E-state index is 8.49. The zero-order valence-electron chi connectivity index (χ0n) is 9.33.